The van der Waals surface area contributed by atoms with Gasteiger partial charge in [0.1, 0.15) is 5.69 Å². The molecule has 2 heterocycles. The van der Waals surface area contributed by atoms with Crippen LogP contribution in [-0.2, 0) is 12.6 Å². The third kappa shape index (κ3) is 4.16. The van der Waals surface area contributed by atoms with E-state index in [-0.39, 0.29) is 23.5 Å². The quantitative estimate of drug-likeness (QED) is 0.652. The number of halogens is 5. The summed E-state index contributed by atoms with van der Waals surface area (Å²) >= 11 is 2.72. The average Bonchev–Trinajstić information content (AvgIpc) is 3.19. The largest absolute Gasteiger partial charge is 0.478 e. The van der Waals surface area contributed by atoms with Crippen LogP contribution in [-0.4, -0.2) is 27.6 Å². The van der Waals surface area contributed by atoms with Gasteiger partial charge in [0.05, 0.1) is 5.56 Å². The van der Waals surface area contributed by atoms with Gasteiger partial charge in [-0.25, -0.2) is 18.6 Å². The van der Waals surface area contributed by atoms with Gasteiger partial charge in [-0.05, 0) is 36.8 Å². The number of carboxylic acid groups (broad SMARTS) is 1. The Morgan fingerprint density at radius 2 is 1.88 bits per heavy atom. The second-order valence-corrected chi connectivity index (χ2v) is 8.56. The third-order valence-electron chi connectivity index (χ3n) is 4.08. The molecule has 0 radical (unpaired) electrons. The van der Waals surface area contributed by atoms with Crippen molar-refractivity contribution in [3.05, 3.63) is 32.3 Å². The summed E-state index contributed by atoms with van der Waals surface area (Å²) in [6, 6.07) is 0. The van der Waals surface area contributed by atoms with Crippen LogP contribution >= 0.6 is 23.5 Å². The first-order valence-corrected chi connectivity index (χ1v) is 9.78. The molecule has 1 N–H and O–H groups in total. The predicted octanol–water partition coefficient (Wildman–Crippen LogP) is 5.47. The van der Waals surface area contributed by atoms with Crippen LogP contribution < -0.4 is 0 Å². The Hall–Kier alpha value is -1.29. The van der Waals surface area contributed by atoms with Crippen LogP contribution in [0.5, 0.6) is 0 Å². The highest BCUT2D eigenvalue weighted by Gasteiger charge is 2.41. The number of nitrogens with zero attached hydrogens (tertiary/aromatic N) is 1. The number of hydrogen-bond acceptors (Lipinski definition) is 4. The van der Waals surface area contributed by atoms with E-state index in [0.717, 1.165) is 24.3 Å². The van der Waals surface area contributed by atoms with Crippen molar-refractivity contribution in [1.82, 2.24) is 4.98 Å². The van der Waals surface area contributed by atoms with Gasteiger partial charge in [0, 0.05) is 21.3 Å². The normalized spacial score (nSPS) is 17.8. The van der Waals surface area contributed by atoms with E-state index in [2.05, 4.69) is 4.98 Å². The van der Waals surface area contributed by atoms with Gasteiger partial charge in [-0.15, -0.1) is 23.5 Å². The van der Waals surface area contributed by atoms with Gasteiger partial charge in [0.25, 0.3) is 6.43 Å². The number of alkyl halides is 5. The lowest BCUT2D eigenvalue weighted by molar-refractivity contribution is -0.141. The molecule has 26 heavy (non-hydrogen) atoms. The second-order valence-electron chi connectivity index (χ2n) is 6.02. The number of carboxylic acids is 1. The molecule has 0 atom stereocenters. The molecule has 1 saturated heterocycles. The highest BCUT2D eigenvalue weighted by Crippen LogP contribution is 2.44. The van der Waals surface area contributed by atoms with Crippen molar-refractivity contribution in [2.75, 3.05) is 11.5 Å². The Labute approximate surface area is 154 Å². The topological polar surface area (TPSA) is 50.2 Å². The lowest BCUT2D eigenvalue weighted by Crippen LogP contribution is -2.20. The number of carbonyl (C=O) groups is 1. The molecule has 142 valence electrons. The smallest absolute Gasteiger partial charge is 0.433 e. The van der Waals surface area contributed by atoms with Crippen LogP contribution in [0.15, 0.2) is 4.24 Å². The Balaban J connectivity index is 2.30. The van der Waals surface area contributed by atoms with E-state index in [4.69, 9.17) is 0 Å². The van der Waals surface area contributed by atoms with Gasteiger partial charge < -0.3 is 5.11 Å². The van der Waals surface area contributed by atoms with Crippen molar-refractivity contribution in [2.45, 2.75) is 31.9 Å². The van der Waals surface area contributed by atoms with Crippen molar-refractivity contribution in [3.8, 4) is 0 Å². The molecular weight excluding hydrogens is 397 g/mol. The van der Waals surface area contributed by atoms with Crippen LogP contribution in [0.3, 0.4) is 0 Å². The lowest BCUT2D eigenvalue weighted by atomic mass is 9.93. The second kappa shape index (κ2) is 7.38. The summed E-state index contributed by atoms with van der Waals surface area (Å²) in [4.78, 5) is 14.7. The molecule has 2 aliphatic rings. The molecule has 0 aromatic carbocycles. The summed E-state index contributed by atoms with van der Waals surface area (Å²) < 4.78 is 67.8. The van der Waals surface area contributed by atoms with Crippen LogP contribution in [0.25, 0.3) is 6.08 Å². The summed E-state index contributed by atoms with van der Waals surface area (Å²) in [7, 11) is 0. The molecule has 1 aromatic rings. The molecule has 0 unspecified atom stereocenters. The molecule has 1 aliphatic carbocycles. The standard InChI is InChI=1S/C16H14F5NO2S2/c17-14(18)12-11(15(23)24)8(5-7-1-2-7)9(6-10-25-3-4-26-10)13(22-12)16(19,20)21/h6-7,14H,1-5H2,(H,23,24). The fourth-order valence-corrected chi connectivity index (χ4v) is 5.09. The molecule has 0 spiro atoms. The molecular formula is C16H14F5NO2S2. The van der Waals surface area contributed by atoms with Crippen molar-refractivity contribution in [1.29, 1.82) is 0 Å². The lowest BCUT2D eigenvalue weighted by Gasteiger charge is -2.19. The zero-order valence-corrected chi connectivity index (χ0v) is 14.9. The fraction of sp³-hybridized carbons (Fsp3) is 0.500. The zero-order chi connectivity index (χ0) is 19.1. The molecule has 2 fully saturated rings. The summed E-state index contributed by atoms with van der Waals surface area (Å²) in [6.45, 7) is 0. The van der Waals surface area contributed by atoms with Crippen LogP contribution in [0.2, 0.25) is 0 Å². The van der Waals surface area contributed by atoms with Gasteiger partial charge in [-0.2, -0.15) is 13.2 Å². The number of rotatable bonds is 5. The minimum Gasteiger partial charge on any atom is -0.478 e. The minimum absolute atomic E-state index is 0.0168. The maximum Gasteiger partial charge on any atom is 0.433 e. The Bertz CT molecular complexity index is 752. The Morgan fingerprint density at radius 1 is 1.27 bits per heavy atom. The van der Waals surface area contributed by atoms with E-state index in [0.29, 0.717) is 4.24 Å². The summed E-state index contributed by atoms with van der Waals surface area (Å²) in [5.74, 6) is -0.208. The van der Waals surface area contributed by atoms with Gasteiger partial charge in [-0.3, -0.25) is 0 Å². The summed E-state index contributed by atoms with van der Waals surface area (Å²) in [6.07, 6.45) is -5.59. The number of thioether (sulfide) groups is 2. The van der Waals surface area contributed by atoms with E-state index >= 15 is 0 Å². The molecule has 10 heteroatoms. The van der Waals surface area contributed by atoms with E-state index in [1.165, 1.54) is 29.6 Å². The number of aromatic nitrogens is 1. The van der Waals surface area contributed by atoms with Gasteiger partial charge in [0.2, 0.25) is 0 Å². The first-order chi connectivity index (χ1) is 12.2. The van der Waals surface area contributed by atoms with Crippen molar-refractivity contribution >= 4 is 35.6 Å². The van der Waals surface area contributed by atoms with Gasteiger partial charge in [-0.1, -0.05) is 0 Å². The Kier molecular flexibility index (Phi) is 5.53. The molecule has 3 nitrogen and oxygen atoms in total. The molecule has 1 aliphatic heterocycles. The molecule has 1 aromatic heterocycles. The molecule has 0 amide bonds. The van der Waals surface area contributed by atoms with E-state index in [9.17, 15) is 31.9 Å². The van der Waals surface area contributed by atoms with E-state index in [1.807, 2.05) is 0 Å². The van der Waals surface area contributed by atoms with E-state index in [1.54, 1.807) is 0 Å². The maximum absolute atomic E-state index is 13.5. The monoisotopic (exact) mass is 411 g/mol. The number of pyridine rings is 1. The van der Waals surface area contributed by atoms with Crippen molar-refractivity contribution in [3.63, 3.8) is 0 Å². The first kappa shape index (κ1) is 19.5. The Morgan fingerprint density at radius 3 is 2.35 bits per heavy atom. The number of hydrogen-bond donors (Lipinski definition) is 1. The molecule has 0 bridgehead atoms. The average molecular weight is 411 g/mol. The fourth-order valence-electron chi connectivity index (χ4n) is 2.79. The number of aromatic carboxylic acids is 1. The summed E-state index contributed by atoms with van der Waals surface area (Å²) in [5.41, 5.74) is -4.11. The highest BCUT2D eigenvalue weighted by molar-refractivity contribution is 8.25. The van der Waals surface area contributed by atoms with Crippen molar-refractivity contribution < 1.29 is 31.9 Å². The van der Waals surface area contributed by atoms with Crippen LogP contribution in [0.1, 0.15) is 52.1 Å². The van der Waals surface area contributed by atoms with Gasteiger partial charge in [0.15, 0.2) is 5.69 Å². The van der Waals surface area contributed by atoms with Crippen molar-refractivity contribution in [2.24, 2.45) is 5.92 Å². The first-order valence-electron chi connectivity index (χ1n) is 7.81. The van der Waals surface area contributed by atoms with E-state index < -0.39 is 35.5 Å². The highest BCUT2D eigenvalue weighted by atomic mass is 32.2. The predicted molar refractivity (Wildman–Crippen MR) is 90.5 cm³/mol. The molecule has 3 rings (SSSR count). The van der Waals surface area contributed by atoms with Crippen LogP contribution in [0, 0.1) is 5.92 Å². The third-order valence-corrected chi connectivity index (χ3v) is 6.67. The van der Waals surface area contributed by atoms with Gasteiger partial charge >= 0.3 is 12.1 Å². The summed E-state index contributed by atoms with van der Waals surface area (Å²) in [5, 5.41) is 9.42. The molecule has 1 saturated carbocycles. The SMILES string of the molecule is O=C(O)c1c(C(F)F)nc(C(F)(F)F)c(C=C2SCCS2)c1CC1CC1. The van der Waals surface area contributed by atoms with Crippen LogP contribution in [0.4, 0.5) is 22.0 Å². The maximum atomic E-state index is 13.5. The zero-order valence-electron chi connectivity index (χ0n) is 13.3. The minimum atomic E-state index is -4.96.